The van der Waals surface area contributed by atoms with Crippen LogP contribution < -0.4 is 4.74 Å². The number of aromatic amines is 1. The van der Waals surface area contributed by atoms with Crippen molar-refractivity contribution >= 4 is 10.8 Å². The fraction of sp³-hybridized carbons (Fsp3) is 0.143. The van der Waals surface area contributed by atoms with Crippen molar-refractivity contribution in [1.29, 1.82) is 0 Å². The van der Waals surface area contributed by atoms with Gasteiger partial charge in [0.05, 0.1) is 18.5 Å². The van der Waals surface area contributed by atoms with Crippen LogP contribution in [0, 0.1) is 0 Å². The number of benzene rings is 3. The number of aromatic nitrogens is 3. The third-order valence-electron chi connectivity index (χ3n) is 5.83. The summed E-state index contributed by atoms with van der Waals surface area (Å²) in [6.07, 6.45) is 3.63. The molecule has 2 heterocycles. The number of hydrogen-bond donors (Lipinski definition) is 1. The number of rotatable bonds is 5. The minimum atomic E-state index is 0.403. The highest BCUT2D eigenvalue weighted by Gasteiger charge is 2.18. The maximum absolute atomic E-state index is 5.37. The lowest BCUT2D eigenvalue weighted by molar-refractivity contribution is 0.415. The standard InChI is InChI=1S/C28H25N3O/c1-18(2)24-6-4-5-7-25(24)28-30-26(19-12-14-29-15-13-19)27(31-28)22-9-8-21-17-23(32-3)11-10-20(21)16-22/h4-18H,1-3H3,(H,30,31). The van der Waals surface area contributed by atoms with E-state index in [0.29, 0.717) is 5.92 Å². The Morgan fingerprint density at radius 3 is 2.34 bits per heavy atom. The van der Waals surface area contributed by atoms with E-state index in [-0.39, 0.29) is 0 Å². The molecule has 1 N–H and O–H groups in total. The van der Waals surface area contributed by atoms with E-state index in [1.54, 1.807) is 7.11 Å². The van der Waals surface area contributed by atoms with Crippen molar-refractivity contribution in [2.45, 2.75) is 19.8 Å². The number of imidazole rings is 1. The maximum atomic E-state index is 5.37. The SMILES string of the molecule is COc1ccc2cc(-c3nc(-c4ccccc4C(C)C)[nH]c3-c3ccncc3)ccc2c1. The molecule has 5 rings (SSSR count). The Morgan fingerprint density at radius 1 is 0.812 bits per heavy atom. The smallest absolute Gasteiger partial charge is 0.138 e. The molecule has 158 valence electrons. The molecule has 0 unspecified atom stereocenters. The summed E-state index contributed by atoms with van der Waals surface area (Å²) in [5, 5.41) is 2.29. The molecule has 0 aliphatic carbocycles. The van der Waals surface area contributed by atoms with E-state index in [0.717, 1.165) is 50.4 Å². The summed E-state index contributed by atoms with van der Waals surface area (Å²) in [5.74, 6) is 2.14. The van der Waals surface area contributed by atoms with E-state index >= 15 is 0 Å². The van der Waals surface area contributed by atoms with Gasteiger partial charge in [-0.1, -0.05) is 56.3 Å². The van der Waals surface area contributed by atoms with Gasteiger partial charge in [0.2, 0.25) is 0 Å². The predicted octanol–water partition coefficient (Wildman–Crippen LogP) is 7.09. The van der Waals surface area contributed by atoms with E-state index in [1.807, 2.05) is 30.6 Å². The summed E-state index contributed by atoms with van der Waals surface area (Å²) in [6.45, 7) is 4.42. The van der Waals surface area contributed by atoms with Crippen LogP contribution in [-0.2, 0) is 0 Å². The van der Waals surface area contributed by atoms with E-state index in [1.165, 1.54) is 5.56 Å². The van der Waals surface area contributed by atoms with Gasteiger partial charge in [-0.05, 0) is 52.6 Å². The number of hydrogen-bond acceptors (Lipinski definition) is 3. The largest absolute Gasteiger partial charge is 0.497 e. The van der Waals surface area contributed by atoms with Crippen LogP contribution in [0.2, 0.25) is 0 Å². The van der Waals surface area contributed by atoms with E-state index in [4.69, 9.17) is 9.72 Å². The van der Waals surface area contributed by atoms with Crippen molar-refractivity contribution in [3.63, 3.8) is 0 Å². The number of H-pyrrole nitrogens is 1. The first-order valence-corrected chi connectivity index (χ1v) is 10.8. The zero-order chi connectivity index (χ0) is 22.1. The Hall–Kier alpha value is -3.92. The van der Waals surface area contributed by atoms with Crippen LogP contribution in [0.3, 0.4) is 0 Å². The van der Waals surface area contributed by atoms with Crippen molar-refractivity contribution in [2.24, 2.45) is 0 Å². The van der Waals surface area contributed by atoms with E-state index in [2.05, 4.69) is 78.4 Å². The lowest BCUT2D eigenvalue weighted by Gasteiger charge is -2.10. The van der Waals surface area contributed by atoms with Crippen LogP contribution in [0.5, 0.6) is 5.75 Å². The summed E-state index contributed by atoms with van der Waals surface area (Å²) in [5.41, 5.74) is 6.47. The molecule has 3 aromatic carbocycles. The van der Waals surface area contributed by atoms with Gasteiger partial charge in [0.25, 0.3) is 0 Å². The molecule has 4 nitrogen and oxygen atoms in total. The van der Waals surface area contributed by atoms with Gasteiger partial charge in [-0.2, -0.15) is 0 Å². The summed E-state index contributed by atoms with van der Waals surface area (Å²) >= 11 is 0. The highest BCUT2D eigenvalue weighted by molar-refractivity contribution is 5.91. The van der Waals surface area contributed by atoms with Gasteiger partial charge in [-0.25, -0.2) is 4.98 Å². The van der Waals surface area contributed by atoms with Crippen molar-refractivity contribution in [3.05, 3.63) is 90.8 Å². The maximum Gasteiger partial charge on any atom is 0.138 e. The average molecular weight is 420 g/mol. The van der Waals surface area contributed by atoms with Crippen LogP contribution in [0.15, 0.2) is 85.2 Å². The Morgan fingerprint density at radius 2 is 1.56 bits per heavy atom. The number of fused-ring (bicyclic) bond motifs is 1. The topological polar surface area (TPSA) is 50.8 Å². The monoisotopic (exact) mass is 419 g/mol. The zero-order valence-electron chi connectivity index (χ0n) is 18.5. The van der Waals surface area contributed by atoms with E-state index in [9.17, 15) is 0 Å². The van der Waals surface area contributed by atoms with Gasteiger partial charge in [0, 0.05) is 29.1 Å². The number of nitrogens with one attached hydrogen (secondary N) is 1. The van der Waals surface area contributed by atoms with Crippen molar-refractivity contribution in [1.82, 2.24) is 15.0 Å². The van der Waals surface area contributed by atoms with Crippen molar-refractivity contribution in [2.75, 3.05) is 7.11 Å². The highest BCUT2D eigenvalue weighted by Crippen LogP contribution is 2.36. The second-order valence-corrected chi connectivity index (χ2v) is 8.21. The molecule has 0 aliphatic heterocycles. The molecule has 0 fully saturated rings. The summed E-state index contributed by atoms with van der Waals surface area (Å²) < 4.78 is 5.37. The fourth-order valence-corrected chi connectivity index (χ4v) is 4.15. The summed E-state index contributed by atoms with van der Waals surface area (Å²) in [4.78, 5) is 12.9. The average Bonchev–Trinajstić information content (AvgIpc) is 3.29. The van der Waals surface area contributed by atoms with Crippen molar-refractivity contribution < 1.29 is 4.74 Å². The molecule has 0 aliphatic rings. The molecular weight excluding hydrogens is 394 g/mol. The Kier molecular flexibility index (Phi) is 5.20. The minimum absolute atomic E-state index is 0.403. The molecule has 5 aromatic rings. The molecule has 0 spiro atoms. The predicted molar refractivity (Wildman–Crippen MR) is 131 cm³/mol. The summed E-state index contributed by atoms with van der Waals surface area (Å²) in [6, 6.07) is 25.1. The van der Waals surface area contributed by atoms with Crippen LogP contribution in [0.1, 0.15) is 25.3 Å². The lowest BCUT2D eigenvalue weighted by Crippen LogP contribution is -1.93. The molecule has 0 saturated heterocycles. The summed E-state index contributed by atoms with van der Waals surface area (Å²) in [7, 11) is 1.69. The zero-order valence-corrected chi connectivity index (χ0v) is 18.5. The lowest BCUT2D eigenvalue weighted by atomic mass is 9.97. The van der Waals surface area contributed by atoms with Gasteiger partial charge in [0.15, 0.2) is 0 Å². The number of pyridine rings is 1. The first-order chi connectivity index (χ1) is 15.6. The molecular formula is C28H25N3O. The molecule has 0 atom stereocenters. The Balaban J connectivity index is 1.70. The second-order valence-electron chi connectivity index (χ2n) is 8.21. The quantitative estimate of drug-likeness (QED) is 0.331. The third kappa shape index (κ3) is 3.65. The van der Waals surface area contributed by atoms with Gasteiger partial charge < -0.3 is 9.72 Å². The second kappa shape index (κ2) is 8.31. The van der Waals surface area contributed by atoms with Crippen LogP contribution in [-0.4, -0.2) is 22.1 Å². The van der Waals surface area contributed by atoms with E-state index < -0.39 is 0 Å². The molecule has 0 bridgehead atoms. The number of ether oxygens (including phenoxy) is 1. The molecule has 0 radical (unpaired) electrons. The van der Waals surface area contributed by atoms with Gasteiger partial charge in [-0.3, -0.25) is 4.98 Å². The molecule has 4 heteroatoms. The Labute approximate surface area is 188 Å². The molecule has 32 heavy (non-hydrogen) atoms. The van der Waals surface area contributed by atoms with Crippen LogP contribution in [0.4, 0.5) is 0 Å². The molecule has 0 saturated carbocycles. The van der Waals surface area contributed by atoms with Crippen LogP contribution >= 0.6 is 0 Å². The first kappa shape index (κ1) is 20.0. The van der Waals surface area contributed by atoms with Gasteiger partial charge >= 0.3 is 0 Å². The van der Waals surface area contributed by atoms with Crippen molar-refractivity contribution in [3.8, 4) is 39.7 Å². The number of nitrogens with zero attached hydrogens (tertiary/aromatic N) is 2. The number of methoxy groups -OCH3 is 1. The third-order valence-corrected chi connectivity index (χ3v) is 5.83. The van der Waals surface area contributed by atoms with Gasteiger partial charge in [-0.15, -0.1) is 0 Å². The van der Waals surface area contributed by atoms with Crippen LogP contribution in [0.25, 0.3) is 44.7 Å². The molecule has 2 aromatic heterocycles. The van der Waals surface area contributed by atoms with Gasteiger partial charge in [0.1, 0.15) is 11.6 Å². The first-order valence-electron chi connectivity index (χ1n) is 10.8. The molecule has 0 amide bonds. The fourth-order valence-electron chi connectivity index (χ4n) is 4.15. The normalized spacial score (nSPS) is 11.2. The minimum Gasteiger partial charge on any atom is -0.497 e. The Bertz CT molecular complexity index is 1390. The highest BCUT2D eigenvalue weighted by atomic mass is 16.5.